The van der Waals surface area contributed by atoms with Crippen LogP contribution >= 0.6 is 15.9 Å². The Morgan fingerprint density at radius 2 is 2.18 bits per heavy atom. The van der Waals surface area contributed by atoms with Gasteiger partial charge in [0.15, 0.2) is 0 Å². The molecule has 0 unspecified atom stereocenters. The van der Waals surface area contributed by atoms with E-state index in [0.717, 1.165) is 0 Å². The molecule has 5 nitrogen and oxygen atoms in total. The summed E-state index contributed by atoms with van der Waals surface area (Å²) in [4.78, 5) is 7.75. The first-order chi connectivity index (χ1) is 8.20. The number of aromatic nitrogens is 2. The third-order valence-electron chi connectivity index (χ3n) is 1.96. The summed E-state index contributed by atoms with van der Waals surface area (Å²) >= 11 is 3.23. The van der Waals surface area contributed by atoms with Crippen LogP contribution in [-0.2, 0) is 0 Å². The first kappa shape index (κ1) is 11.4. The molecule has 1 heterocycles. The van der Waals surface area contributed by atoms with Gasteiger partial charge >= 0.3 is 0 Å². The molecule has 1 aromatic carbocycles. The summed E-state index contributed by atoms with van der Waals surface area (Å²) in [6.45, 7) is 0. The van der Waals surface area contributed by atoms with E-state index >= 15 is 0 Å². The maximum atomic E-state index is 8.77. The molecule has 0 spiro atoms. The second-order valence-corrected chi connectivity index (χ2v) is 3.91. The topological polar surface area (TPSA) is 84.8 Å². The standard InChI is InChI=1S/C11H7BrN4O/c12-9-10(14)15-6-16-11(9)17-8-3-1-2-7(4-8)5-13/h1-4,6H,(H2,14,15,16). The van der Waals surface area contributed by atoms with E-state index in [0.29, 0.717) is 27.5 Å². The molecular weight excluding hydrogens is 284 g/mol. The van der Waals surface area contributed by atoms with Gasteiger partial charge in [-0.2, -0.15) is 5.26 Å². The Morgan fingerprint density at radius 3 is 2.94 bits per heavy atom. The number of ether oxygens (including phenoxy) is 1. The van der Waals surface area contributed by atoms with Crippen LogP contribution in [-0.4, -0.2) is 9.97 Å². The van der Waals surface area contributed by atoms with Gasteiger partial charge in [0.25, 0.3) is 0 Å². The van der Waals surface area contributed by atoms with Crippen LogP contribution < -0.4 is 10.5 Å². The molecule has 0 radical (unpaired) electrons. The van der Waals surface area contributed by atoms with Gasteiger partial charge in [0.2, 0.25) is 5.88 Å². The van der Waals surface area contributed by atoms with Crippen LogP contribution in [0, 0.1) is 11.3 Å². The molecule has 6 heteroatoms. The number of nitrogens with two attached hydrogens (primary N) is 1. The summed E-state index contributed by atoms with van der Waals surface area (Å²) in [6.07, 6.45) is 1.31. The second-order valence-electron chi connectivity index (χ2n) is 3.12. The van der Waals surface area contributed by atoms with Crippen molar-refractivity contribution in [1.82, 2.24) is 9.97 Å². The van der Waals surface area contributed by atoms with Gasteiger partial charge < -0.3 is 10.5 Å². The highest BCUT2D eigenvalue weighted by Gasteiger charge is 2.08. The molecular formula is C11H7BrN4O. The Bertz CT molecular complexity index is 594. The molecule has 0 aliphatic rings. The molecule has 0 saturated carbocycles. The molecule has 0 amide bonds. The predicted molar refractivity (Wildman–Crippen MR) is 65.4 cm³/mol. The Labute approximate surface area is 106 Å². The average Bonchev–Trinajstić information content (AvgIpc) is 2.35. The zero-order valence-corrected chi connectivity index (χ0v) is 10.2. The fourth-order valence-corrected chi connectivity index (χ4v) is 1.46. The van der Waals surface area contributed by atoms with Crippen LogP contribution in [0.25, 0.3) is 0 Å². The quantitative estimate of drug-likeness (QED) is 0.918. The third-order valence-corrected chi connectivity index (χ3v) is 2.71. The lowest BCUT2D eigenvalue weighted by Crippen LogP contribution is -1.96. The van der Waals surface area contributed by atoms with Crippen molar-refractivity contribution in [1.29, 1.82) is 5.26 Å². The van der Waals surface area contributed by atoms with E-state index in [-0.39, 0.29) is 0 Å². The van der Waals surface area contributed by atoms with Gasteiger partial charge in [0, 0.05) is 0 Å². The summed E-state index contributed by atoms with van der Waals surface area (Å²) in [5.41, 5.74) is 6.11. The van der Waals surface area contributed by atoms with E-state index in [1.807, 2.05) is 6.07 Å². The van der Waals surface area contributed by atoms with Crippen molar-refractivity contribution in [3.8, 4) is 17.7 Å². The molecule has 2 N–H and O–H groups in total. The van der Waals surface area contributed by atoms with Gasteiger partial charge in [-0.15, -0.1) is 0 Å². The Balaban J connectivity index is 2.32. The largest absolute Gasteiger partial charge is 0.438 e. The summed E-state index contributed by atoms with van der Waals surface area (Å²) in [6, 6.07) is 8.79. The number of halogens is 1. The summed E-state index contributed by atoms with van der Waals surface area (Å²) in [5.74, 6) is 1.13. The molecule has 0 aliphatic heterocycles. The summed E-state index contributed by atoms with van der Waals surface area (Å²) in [7, 11) is 0. The van der Waals surface area contributed by atoms with Gasteiger partial charge in [-0.05, 0) is 34.1 Å². The van der Waals surface area contributed by atoms with E-state index < -0.39 is 0 Å². The minimum absolute atomic E-state index is 0.298. The van der Waals surface area contributed by atoms with Crippen molar-refractivity contribution in [2.75, 3.05) is 5.73 Å². The summed E-state index contributed by atoms with van der Waals surface area (Å²) < 4.78 is 5.99. The van der Waals surface area contributed by atoms with Gasteiger partial charge in [0.1, 0.15) is 22.4 Å². The molecule has 1 aromatic heterocycles. The van der Waals surface area contributed by atoms with Crippen LogP contribution in [0.4, 0.5) is 5.82 Å². The molecule has 0 bridgehead atoms. The normalized spacial score (nSPS) is 9.65. The van der Waals surface area contributed by atoms with Crippen molar-refractivity contribution < 1.29 is 4.74 Å². The van der Waals surface area contributed by atoms with E-state index in [1.54, 1.807) is 24.3 Å². The molecule has 2 aromatic rings. The van der Waals surface area contributed by atoms with Gasteiger partial charge in [-0.25, -0.2) is 9.97 Å². The molecule has 17 heavy (non-hydrogen) atoms. The Hall–Kier alpha value is -2.13. The van der Waals surface area contributed by atoms with Crippen LogP contribution in [0.2, 0.25) is 0 Å². The van der Waals surface area contributed by atoms with Crippen molar-refractivity contribution in [3.63, 3.8) is 0 Å². The maximum Gasteiger partial charge on any atom is 0.238 e. The van der Waals surface area contributed by atoms with E-state index in [4.69, 9.17) is 15.7 Å². The van der Waals surface area contributed by atoms with Crippen molar-refractivity contribution in [2.45, 2.75) is 0 Å². The van der Waals surface area contributed by atoms with Crippen molar-refractivity contribution >= 4 is 21.7 Å². The zero-order chi connectivity index (χ0) is 12.3. The molecule has 0 atom stereocenters. The lowest BCUT2D eigenvalue weighted by Gasteiger charge is -2.07. The fourth-order valence-electron chi connectivity index (χ4n) is 1.18. The first-order valence-corrected chi connectivity index (χ1v) is 5.44. The monoisotopic (exact) mass is 290 g/mol. The minimum atomic E-state index is 0.298. The van der Waals surface area contributed by atoms with Gasteiger partial charge in [0.05, 0.1) is 11.6 Å². The molecule has 0 aliphatic carbocycles. The van der Waals surface area contributed by atoms with Crippen LogP contribution in [0.5, 0.6) is 11.6 Å². The maximum absolute atomic E-state index is 8.77. The Morgan fingerprint density at radius 1 is 1.35 bits per heavy atom. The highest BCUT2D eigenvalue weighted by molar-refractivity contribution is 9.10. The zero-order valence-electron chi connectivity index (χ0n) is 8.59. The minimum Gasteiger partial charge on any atom is -0.438 e. The number of hydrogen-bond acceptors (Lipinski definition) is 5. The number of hydrogen-bond donors (Lipinski definition) is 1. The number of benzene rings is 1. The lowest BCUT2D eigenvalue weighted by molar-refractivity contribution is 0.458. The SMILES string of the molecule is N#Cc1cccc(Oc2ncnc(N)c2Br)c1. The fraction of sp³-hybridized carbons (Fsp3) is 0. The van der Waals surface area contributed by atoms with Crippen molar-refractivity contribution in [3.05, 3.63) is 40.6 Å². The number of nitrogen functional groups attached to an aromatic ring is 1. The smallest absolute Gasteiger partial charge is 0.238 e. The third kappa shape index (κ3) is 2.52. The van der Waals surface area contributed by atoms with E-state index in [9.17, 15) is 0 Å². The molecule has 84 valence electrons. The van der Waals surface area contributed by atoms with Crippen molar-refractivity contribution in [2.24, 2.45) is 0 Å². The molecule has 0 saturated heterocycles. The highest BCUT2D eigenvalue weighted by Crippen LogP contribution is 2.30. The van der Waals surface area contributed by atoms with Crippen LogP contribution in [0.3, 0.4) is 0 Å². The Kier molecular flexibility index (Phi) is 3.21. The van der Waals surface area contributed by atoms with Crippen LogP contribution in [0.1, 0.15) is 5.56 Å². The van der Waals surface area contributed by atoms with E-state index in [2.05, 4.69) is 25.9 Å². The first-order valence-electron chi connectivity index (χ1n) is 4.64. The number of nitrogens with zero attached hydrogens (tertiary/aromatic N) is 3. The van der Waals surface area contributed by atoms with Gasteiger partial charge in [-0.3, -0.25) is 0 Å². The van der Waals surface area contributed by atoms with E-state index in [1.165, 1.54) is 6.33 Å². The highest BCUT2D eigenvalue weighted by atomic mass is 79.9. The lowest BCUT2D eigenvalue weighted by atomic mass is 10.2. The van der Waals surface area contributed by atoms with Crippen LogP contribution in [0.15, 0.2) is 35.1 Å². The summed E-state index contributed by atoms with van der Waals surface area (Å²) in [5, 5.41) is 8.77. The number of nitriles is 1. The average molecular weight is 291 g/mol. The second kappa shape index (κ2) is 4.80. The number of anilines is 1. The molecule has 0 fully saturated rings. The predicted octanol–water partition coefficient (Wildman–Crippen LogP) is 2.49. The molecule has 2 rings (SSSR count). The van der Waals surface area contributed by atoms with Gasteiger partial charge in [-0.1, -0.05) is 6.07 Å². The number of rotatable bonds is 2.